The molecule has 0 aliphatic rings. The van der Waals surface area contributed by atoms with Crippen LogP contribution >= 0.6 is 0 Å². The molecule has 1 heterocycles. The van der Waals surface area contributed by atoms with Crippen LogP contribution < -0.4 is 16.4 Å². The minimum absolute atomic E-state index is 0.0350. The maximum atomic E-state index is 12.5. The maximum Gasteiger partial charge on any atom is 0.240 e. The van der Waals surface area contributed by atoms with E-state index in [-0.39, 0.29) is 25.0 Å². The van der Waals surface area contributed by atoms with E-state index in [1.54, 1.807) is 18.5 Å². The summed E-state index contributed by atoms with van der Waals surface area (Å²) in [5, 5.41) is 26.2. The number of aliphatic hydroxyl groups excluding tert-OH is 1. The number of nitrogens with two attached hydrogens (primary N) is 1. The summed E-state index contributed by atoms with van der Waals surface area (Å²) in [6.45, 7) is 4.62. The zero-order valence-corrected chi connectivity index (χ0v) is 18.7. The summed E-state index contributed by atoms with van der Waals surface area (Å²) in [5.41, 5.74) is 5.85. The van der Waals surface area contributed by atoms with Gasteiger partial charge in [0.25, 0.3) is 0 Å². The molecule has 0 unspecified atom stereocenters. The molecule has 0 aliphatic carbocycles. The van der Waals surface area contributed by atoms with Crippen LogP contribution in [0.5, 0.6) is 0 Å². The standard InChI is InChI=1S/C21H33N7O4/c1-21(2,22)20(31)24-17(15-32-14-16-8-4-3-5-9-16)19-25-26-27-28(19)12-6-10-18(30)23-11-7-13-29/h3-5,8-9,17,29H,6-7,10-15,22H2,1-2H3,(H,23,30)(H,24,31)/t17-/m1/s1. The van der Waals surface area contributed by atoms with Gasteiger partial charge < -0.3 is 26.2 Å². The lowest BCUT2D eigenvalue weighted by Crippen LogP contribution is -2.51. The number of aromatic nitrogens is 4. The number of tetrazole rings is 1. The molecule has 0 saturated heterocycles. The van der Waals surface area contributed by atoms with Crippen molar-refractivity contribution in [1.29, 1.82) is 0 Å². The van der Waals surface area contributed by atoms with Crippen LogP contribution in [-0.2, 0) is 27.5 Å². The highest BCUT2D eigenvalue weighted by atomic mass is 16.5. The van der Waals surface area contributed by atoms with Crippen LogP contribution in [0.3, 0.4) is 0 Å². The molecule has 32 heavy (non-hydrogen) atoms. The van der Waals surface area contributed by atoms with Gasteiger partial charge in [0.05, 0.1) is 18.8 Å². The fourth-order valence-corrected chi connectivity index (χ4v) is 2.80. The third kappa shape index (κ3) is 8.69. The average Bonchev–Trinajstić information content (AvgIpc) is 3.21. The van der Waals surface area contributed by atoms with E-state index < -0.39 is 11.6 Å². The number of nitrogens with zero attached hydrogens (tertiary/aromatic N) is 4. The quantitative estimate of drug-likeness (QED) is 0.296. The molecule has 1 aromatic heterocycles. The molecule has 0 radical (unpaired) electrons. The van der Waals surface area contributed by atoms with Gasteiger partial charge in [-0.3, -0.25) is 9.59 Å². The SMILES string of the molecule is CC(C)(N)C(=O)N[C@H](COCc1ccccc1)c1nnnn1CCCC(=O)NCCCO. The Bertz CT molecular complexity index is 836. The molecular weight excluding hydrogens is 414 g/mol. The van der Waals surface area contributed by atoms with Crippen LogP contribution in [0.2, 0.25) is 0 Å². The number of nitrogens with one attached hydrogen (secondary N) is 2. The van der Waals surface area contributed by atoms with Crippen molar-refractivity contribution >= 4 is 11.8 Å². The summed E-state index contributed by atoms with van der Waals surface area (Å²) in [6.07, 6.45) is 1.32. The van der Waals surface area contributed by atoms with Crippen molar-refractivity contribution in [2.45, 2.75) is 57.8 Å². The first-order chi connectivity index (χ1) is 15.3. The Kier molecular flexibility index (Phi) is 10.2. The molecule has 2 amide bonds. The van der Waals surface area contributed by atoms with Gasteiger partial charge in [0.2, 0.25) is 11.8 Å². The smallest absolute Gasteiger partial charge is 0.240 e. The predicted molar refractivity (Wildman–Crippen MR) is 117 cm³/mol. The van der Waals surface area contributed by atoms with Gasteiger partial charge in [-0.15, -0.1) is 5.10 Å². The molecule has 5 N–H and O–H groups in total. The summed E-state index contributed by atoms with van der Waals surface area (Å²) in [5.74, 6) is -0.0334. The number of hydrogen-bond acceptors (Lipinski definition) is 8. The van der Waals surface area contributed by atoms with Crippen LogP contribution in [0.15, 0.2) is 30.3 Å². The normalized spacial score (nSPS) is 12.4. The van der Waals surface area contributed by atoms with Crippen LogP contribution in [0.1, 0.15) is 50.5 Å². The third-order valence-corrected chi connectivity index (χ3v) is 4.59. The zero-order chi connectivity index (χ0) is 23.4. The van der Waals surface area contributed by atoms with Gasteiger partial charge in [0, 0.05) is 26.1 Å². The third-order valence-electron chi connectivity index (χ3n) is 4.59. The lowest BCUT2D eigenvalue weighted by Gasteiger charge is -2.23. The molecule has 0 spiro atoms. The molecule has 0 bridgehead atoms. The number of benzene rings is 1. The van der Waals surface area contributed by atoms with Crippen molar-refractivity contribution in [1.82, 2.24) is 30.8 Å². The number of amides is 2. The molecule has 1 aromatic carbocycles. The van der Waals surface area contributed by atoms with Crippen LogP contribution in [0.25, 0.3) is 0 Å². The molecular formula is C21H33N7O4. The van der Waals surface area contributed by atoms with E-state index in [4.69, 9.17) is 15.6 Å². The van der Waals surface area contributed by atoms with Crippen LogP contribution in [-0.4, -0.2) is 62.4 Å². The van der Waals surface area contributed by atoms with Crippen LogP contribution in [0, 0.1) is 0 Å². The second-order valence-corrected chi connectivity index (χ2v) is 8.04. The van der Waals surface area contributed by atoms with Gasteiger partial charge in [-0.05, 0) is 42.7 Å². The lowest BCUT2D eigenvalue weighted by molar-refractivity contribution is -0.126. The molecule has 0 fully saturated rings. The molecule has 0 aliphatic heterocycles. The minimum atomic E-state index is -1.08. The molecule has 1 atom stereocenters. The predicted octanol–water partition coefficient (Wildman–Crippen LogP) is 0.0633. The second-order valence-electron chi connectivity index (χ2n) is 8.04. The molecule has 2 aromatic rings. The summed E-state index contributed by atoms with van der Waals surface area (Å²) in [7, 11) is 0. The highest BCUT2D eigenvalue weighted by Gasteiger charge is 2.28. The van der Waals surface area contributed by atoms with Crippen molar-refractivity contribution < 1.29 is 19.4 Å². The fourth-order valence-electron chi connectivity index (χ4n) is 2.80. The Labute approximate surface area is 187 Å². The minimum Gasteiger partial charge on any atom is -0.396 e. The second kappa shape index (κ2) is 12.8. The van der Waals surface area contributed by atoms with Gasteiger partial charge in [0.15, 0.2) is 5.82 Å². The largest absolute Gasteiger partial charge is 0.396 e. The number of carbonyl (C=O) groups is 2. The number of ether oxygens (including phenoxy) is 1. The first-order valence-corrected chi connectivity index (χ1v) is 10.7. The van der Waals surface area contributed by atoms with E-state index in [0.717, 1.165) is 5.56 Å². The number of hydrogen-bond donors (Lipinski definition) is 4. The summed E-state index contributed by atoms with van der Waals surface area (Å²) in [4.78, 5) is 24.4. The molecule has 11 nitrogen and oxygen atoms in total. The van der Waals surface area contributed by atoms with E-state index in [9.17, 15) is 9.59 Å². The van der Waals surface area contributed by atoms with Gasteiger partial charge in [-0.2, -0.15) is 0 Å². The number of rotatable bonds is 14. The molecule has 176 valence electrons. The van der Waals surface area contributed by atoms with E-state index in [1.807, 2.05) is 30.3 Å². The van der Waals surface area contributed by atoms with Gasteiger partial charge >= 0.3 is 0 Å². The van der Waals surface area contributed by atoms with Crippen molar-refractivity contribution in [3.63, 3.8) is 0 Å². The van der Waals surface area contributed by atoms with E-state index in [0.29, 0.717) is 44.8 Å². The lowest BCUT2D eigenvalue weighted by atomic mass is 10.1. The van der Waals surface area contributed by atoms with Gasteiger partial charge in [-0.25, -0.2) is 4.68 Å². The van der Waals surface area contributed by atoms with Crippen LogP contribution in [0.4, 0.5) is 0 Å². The van der Waals surface area contributed by atoms with E-state index in [1.165, 1.54) is 0 Å². The molecule has 0 saturated carbocycles. The number of aliphatic hydroxyl groups is 1. The van der Waals surface area contributed by atoms with Gasteiger partial charge in [-0.1, -0.05) is 30.3 Å². The zero-order valence-electron chi connectivity index (χ0n) is 18.7. The first-order valence-electron chi connectivity index (χ1n) is 10.7. The Hall–Kier alpha value is -2.89. The highest BCUT2D eigenvalue weighted by Crippen LogP contribution is 2.14. The van der Waals surface area contributed by atoms with Crippen molar-refractivity contribution in [3.8, 4) is 0 Å². The van der Waals surface area contributed by atoms with E-state index in [2.05, 4.69) is 26.2 Å². The van der Waals surface area contributed by atoms with Crippen molar-refractivity contribution in [2.24, 2.45) is 5.73 Å². The summed E-state index contributed by atoms with van der Waals surface area (Å²) in [6, 6.07) is 9.07. The van der Waals surface area contributed by atoms with Gasteiger partial charge in [0.1, 0.15) is 6.04 Å². The fraction of sp³-hybridized carbons (Fsp3) is 0.571. The first kappa shape index (κ1) is 25.4. The average molecular weight is 448 g/mol. The molecule has 2 rings (SSSR count). The summed E-state index contributed by atoms with van der Waals surface area (Å²) < 4.78 is 7.38. The molecule has 11 heteroatoms. The monoisotopic (exact) mass is 447 g/mol. The van der Waals surface area contributed by atoms with E-state index >= 15 is 0 Å². The Balaban J connectivity index is 1.99. The number of aryl methyl sites for hydroxylation is 1. The Morgan fingerprint density at radius 2 is 2.00 bits per heavy atom. The number of carbonyl (C=O) groups excluding carboxylic acids is 2. The topological polar surface area (TPSA) is 157 Å². The Morgan fingerprint density at radius 1 is 1.25 bits per heavy atom. The Morgan fingerprint density at radius 3 is 2.69 bits per heavy atom. The maximum absolute atomic E-state index is 12.5. The highest BCUT2D eigenvalue weighted by molar-refractivity contribution is 5.85. The van der Waals surface area contributed by atoms with Crippen molar-refractivity contribution in [3.05, 3.63) is 41.7 Å². The summed E-state index contributed by atoms with van der Waals surface area (Å²) >= 11 is 0. The van der Waals surface area contributed by atoms with Crippen molar-refractivity contribution in [2.75, 3.05) is 19.8 Å².